The summed E-state index contributed by atoms with van der Waals surface area (Å²) in [7, 11) is 1.94. The van der Waals surface area contributed by atoms with E-state index in [0.29, 0.717) is 0 Å². The van der Waals surface area contributed by atoms with Gasteiger partial charge in [-0.15, -0.1) is 0 Å². The Morgan fingerprint density at radius 1 is 1.50 bits per heavy atom. The fraction of sp³-hybridized carbons (Fsp3) is 0.429. The van der Waals surface area contributed by atoms with E-state index in [1.165, 1.54) is 0 Å². The van der Waals surface area contributed by atoms with Gasteiger partial charge in [0.2, 0.25) is 0 Å². The molecule has 1 heterocycles. The normalized spacial score (nSPS) is 25.3. The molecule has 1 unspecified atom stereocenters. The minimum atomic E-state index is -0.0591. The van der Waals surface area contributed by atoms with Crippen LogP contribution >= 0.6 is 11.6 Å². The van der Waals surface area contributed by atoms with Crippen LogP contribution in [0.5, 0.6) is 0 Å². The van der Waals surface area contributed by atoms with Crippen LogP contribution in [0.1, 0.15) is 6.92 Å². The number of hydrogen-bond acceptors (Lipinski definition) is 2. The van der Waals surface area contributed by atoms with Crippen LogP contribution in [0.15, 0.2) is 24.7 Å². The van der Waals surface area contributed by atoms with E-state index in [1.54, 1.807) is 0 Å². The molecule has 2 nitrogen and oxygen atoms in total. The maximum Gasteiger partial charge on any atom is 0.183 e. The maximum absolute atomic E-state index is 5.95. The Morgan fingerprint density at radius 3 is 2.60 bits per heavy atom. The van der Waals surface area contributed by atoms with Gasteiger partial charge in [-0.3, -0.25) is 0 Å². The molecular formula is C7H11ClN2. The molecule has 1 aliphatic heterocycles. The van der Waals surface area contributed by atoms with Crippen LogP contribution in [0.3, 0.4) is 0 Å². The zero-order valence-corrected chi connectivity index (χ0v) is 6.92. The van der Waals surface area contributed by atoms with Crippen molar-refractivity contribution in [2.24, 2.45) is 0 Å². The second-order valence-corrected chi connectivity index (χ2v) is 2.59. The molecule has 0 aromatic rings. The molecule has 3 heteroatoms. The highest BCUT2D eigenvalue weighted by atomic mass is 35.5. The van der Waals surface area contributed by atoms with Crippen molar-refractivity contribution < 1.29 is 0 Å². The summed E-state index contributed by atoms with van der Waals surface area (Å²) in [4.78, 5) is 3.86. The van der Waals surface area contributed by atoms with Crippen molar-refractivity contribution in [3.63, 3.8) is 0 Å². The molecule has 10 heavy (non-hydrogen) atoms. The summed E-state index contributed by atoms with van der Waals surface area (Å²) < 4.78 is 0. The highest BCUT2D eigenvalue weighted by molar-refractivity contribution is 6.20. The van der Waals surface area contributed by atoms with Crippen LogP contribution in [-0.4, -0.2) is 22.5 Å². The molecule has 56 valence electrons. The number of hydrogen-bond donors (Lipinski definition) is 0. The fourth-order valence-electron chi connectivity index (χ4n) is 0.827. The Kier molecular flexibility index (Phi) is 2.22. The van der Waals surface area contributed by atoms with Gasteiger partial charge in [-0.2, -0.15) is 0 Å². The summed E-state index contributed by atoms with van der Waals surface area (Å²) in [6, 6.07) is 0. The van der Waals surface area contributed by atoms with Crippen LogP contribution in [-0.2, 0) is 0 Å². The molecule has 0 N–H and O–H groups in total. The molecule has 0 saturated heterocycles. The van der Waals surface area contributed by atoms with Crippen molar-refractivity contribution in [1.82, 2.24) is 9.80 Å². The van der Waals surface area contributed by atoms with E-state index in [9.17, 15) is 0 Å². The summed E-state index contributed by atoms with van der Waals surface area (Å²) in [6.45, 7) is 1.97. The van der Waals surface area contributed by atoms with Gasteiger partial charge >= 0.3 is 0 Å². The van der Waals surface area contributed by atoms with E-state index in [2.05, 4.69) is 0 Å². The molecule has 0 spiro atoms. The van der Waals surface area contributed by atoms with E-state index < -0.39 is 0 Å². The predicted molar refractivity (Wildman–Crippen MR) is 43.2 cm³/mol. The summed E-state index contributed by atoms with van der Waals surface area (Å²) >= 11 is 5.95. The molecule has 0 saturated carbocycles. The molecule has 0 aliphatic carbocycles. The second kappa shape index (κ2) is 2.97. The lowest BCUT2D eigenvalue weighted by molar-refractivity contribution is 0.316. The monoisotopic (exact) mass is 158 g/mol. The lowest BCUT2D eigenvalue weighted by atomic mass is 10.6. The number of nitrogens with zero attached hydrogens (tertiary/aromatic N) is 2. The van der Waals surface area contributed by atoms with Crippen molar-refractivity contribution in [2.75, 3.05) is 7.05 Å². The van der Waals surface area contributed by atoms with Crippen molar-refractivity contribution in [1.29, 1.82) is 0 Å². The quantitative estimate of drug-likeness (QED) is 0.424. The highest BCUT2D eigenvalue weighted by Gasteiger charge is 2.17. The van der Waals surface area contributed by atoms with E-state index in [1.807, 2.05) is 48.4 Å². The van der Waals surface area contributed by atoms with E-state index in [-0.39, 0.29) is 5.62 Å². The van der Waals surface area contributed by atoms with Crippen LogP contribution in [0.2, 0.25) is 0 Å². The van der Waals surface area contributed by atoms with Crippen molar-refractivity contribution in [2.45, 2.75) is 12.5 Å². The Morgan fingerprint density at radius 2 is 2.20 bits per heavy atom. The molecule has 1 rings (SSSR count). The lowest BCUT2D eigenvalue weighted by Gasteiger charge is -2.20. The van der Waals surface area contributed by atoms with Crippen molar-refractivity contribution >= 4 is 11.6 Å². The first-order chi connectivity index (χ1) is 4.75. The highest BCUT2D eigenvalue weighted by Crippen LogP contribution is 2.16. The summed E-state index contributed by atoms with van der Waals surface area (Å²) in [5, 5.41) is 0. The third-order valence-electron chi connectivity index (χ3n) is 1.38. The standard InChI is InChI=1S/C7H11ClN2/c1-3-4-10-6-5-9(2)7(10)8/h3-7H,1-2H3. The molecule has 1 atom stereocenters. The molecule has 0 amide bonds. The number of rotatable bonds is 1. The topological polar surface area (TPSA) is 6.48 Å². The van der Waals surface area contributed by atoms with Crippen LogP contribution in [0.4, 0.5) is 0 Å². The van der Waals surface area contributed by atoms with E-state index in [0.717, 1.165) is 0 Å². The van der Waals surface area contributed by atoms with E-state index in [4.69, 9.17) is 11.6 Å². The Bertz CT molecular complexity index is 165. The number of alkyl halides is 1. The molecule has 0 aromatic carbocycles. The van der Waals surface area contributed by atoms with Gasteiger partial charge in [-0.05, 0) is 6.92 Å². The maximum atomic E-state index is 5.95. The molecule has 0 fully saturated rings. The lowest BCUT2D eigenvalue weighted by Crippen LogP contribution is -2.27. The van der Waals surface area contributed by atoms with Gasteiger partial charge < -0.3 is 9.80 Å². The smallest absolute Gasteiger partial charge is 0.183 e. The molecule has 1 aliphatic rings. The Labute approximate surface area is 66.4 Å². The molecule has 0 aromatic heterocycles. The zero-order chi connectivity index (χ0) is 7.56. The minimum absolute atomic E-state index is 0.0591. The first kappa shape index (κ1) is 7.48. The summed E-state index contributed by atoms with van der Waals surface area (Å²) in [5.74, 6) is 0. The number of halogens is 1. The minimum Gasteiger partial charge on any atom is -0.346 e. The molecular weight excluding hydrogens is 148 g/mol. The van der Waals surface area contributed by atoms with Gasteiger partial charge in [0.05, 0.1) is 0 Å². The third kappa shape index (κ3) is 1.27. The Balaban J connectivity index is 2.57. The zero-order valence-electron chi connectivity index (χ0n) is 6.16. The van der Waals surface area contributed by atoms with Crippen LogP contribution < -0.4 is 0 Å². The predicted octanol–water partition coefficient (Wildman–Crippen LogP) is 1.76. The van der Waals surface area contributed by atoms with Crippen molar-refractivity contribution in [3.05, 3.63) is 24.7 Å². The largest absolute Gasteiger partial charge is 0.346 e. The first-order valence-corrected chi connectivity index (χ1v) is 3.64. The van der Waals surface area contributed by atoms with Gasteiger partial charge in [0.1, 0.15) is 0 Å². The Hall–Kier alpha value is -0.630. The number of allylic oxidation sites excluding steroid dienone is 1. The van der Waals surface area contributed by atoms with Gasteiger partial charge in [0.15, 0.2) is 5.62 Å². The molecule has 0 bridgehead atoms. The first-order valence-electron chi connectivity index (χ1n) is 3.20. The van der Waals surface area contributed by atoms with Gasteiger partial charge in [-0.25, -0.2) is 0 Å². The average Bonchev–Trinajstić information content (AvgIpc) is 2.20. The summed E-state index contributed by atoms with van der Waals surface area (Å²) in [6.07, 6.45) is 7.78. The second-order valence-electron chi connectivity index (χ2n) is 2.20. The van der Waals surface area contributed by atoms with Gasteiger partial charge in [-0.1, -0.05) is 17.7 Å². The van der Waals surface area contributed by atoms with E-state index >= 15 is 0 Å². The summed E-state index contributed by atoms with van der Waals surface area (Å²) in [5.41, 5.74) is -0.0591. The average molecular weight is 159 g/mol. The van der Waals surface area contributed by atoms with Crippen LogP contribution in [0.25, 0.3) is 0 Å². The third-order valence-corrected chi connectivity index (χ3v) is 1.91. The van der Waals surface area contributed by atoms with Gasteiger partial charge in [0, 0.05) is 25.6 Å². The fourth-order valence-corrected chi connectivity index (χ4v) is 1.02. The molecule has 0 radical (unpaired) electrons. The van der Waals surface area contributed by atoms with Gasteiger partial charge in [0.25, 0.3) is 0 Å². The van der Waals surface area contributed by atoms with Crippen LogP contribution in [0, 0.1) is 0 Å². The van der Waals surface area contributed by atoms with Crippen molar-refractivity contribution in [3.8, 4) is 0 Å². The SMILES string of the molecule is CC=CN1C=CN(C)C1Cl.